The average Bonchev–Trinajstić information content (AvgIpc) is 2.57. The summed E-state index contributed by atoms with van der Waals surface area (Å²) in [5.74, 6) is -0.969. The maximum atomic E-state index is 12.5. The molecule has 0 aliphatic carbocycles. The first kappa shape index (κ1) is 17.5. The van der Waals surface area contributed by atoms with E-state index in [-0.39, 0.29) is 23.1 Å². The van der Waals surface area contributed by atoms with E-state index in [1.54, 1.807) is 0 Å². The lowest BCUT2D eigenvalue weighted by Crippen LogP contribution is -2.22. The van der Waals surface area contributed by atoms with Crippen LogP contribution in [0.4, 0.5) is 5.69 Å². The minimum atomic E-state index is -0.691. The molecule has 2 rings (SSSR count). The number of non-ortho nitro benzene ring substituents is 1. The van der Waals surface area contributed by atoms with Crippen LogP contribution in [0, 0.1) is 10.1 Å². The summed E-state index contributed by atoms with van der Waals surface area (Å²) in [7, 11) is 0. The molecule has 0 amide bonds. The molecular weight excluding hydrogens is 316 g/mol. The molecule has 0 spiro atoms. The molecule has 0 bridgehead atoms. The smallest absolute Gasteiger partial charge is 0.298 e. The highest BCUT2D eigenvalue weighted by Crippen LogP contribution is 2.33. The third kappa shape index (κ3) is 3.37. The minimum absolute atomic E-state index is 0.0646. The summed E-state index contributed by atoms with van der Waals surface area (Å²) in [6.45, 7) is 2.43. The Labute approximate surface area is 137 Å². The molecule has 0 radical (unpaired) electrons. The van der Waals surface area contributed by atoms with E-state index in [1.807, 2.05) is 0 Å². The van der Waals surface area contributed by atoms with Crippen molar-refractivity contribution < 1.29 is 19.6 Å². The SMILES string of the molecule is CCCCCCn1c(=O)c(OC=O)c(O)c2ccc([N+](=O)[O-])cc21. The number of ether oxygens (including phenoxy) is 1. The van der Waals surface area contributed by atoms with Gasteiger partial charge in [-0.2, -0.15) is 0 Å². The van der Waals surface area contributed by atoms with Gasteiger partial charge < -0.3 is 14.4 Å². The molecule has 8 nitrogen and oxygen atoms in total. The molecule has 1 heterocycles. The molecule has 0 atom stereocenters. The summed E-state index contributed by atoms with van der Waals surface area (Å²) in [5, 5.41) is 21.4. The second-order valence-electron chi connectivity index (χ2n) is 5.37. The van der Waals surface area contributed by atoms with Crippen molar-refractivity contribution in [2.45, 2.75) is 39.2 Å². The van der Waals surface area contributed by atoms with E-state index in [4.69, 9.17) is 0 Å². The van der Waals surface area contributed by atoms with Crippen LogP contribution in [0.25, 0.3) is 10.9 Å². The van der Waals surface area contributed by atoms with Crippen molar-refractivity contribution in [1.82, 2.24) is 4.57 Å². The number of aromatic hydroxyl groups is 1. The minimum Gasteiger partial charge on any atom is -0.504 e. The van der Waals surface area contributed by atoms with Crippen LogP contribution in [0.1, 0.15) is 32.6 Å². The molecule has 0 saturated heterocycles. The van der Waals surface area contributed by atoms with E-state index in [1.165, 1.54) is 22.8 Å². The molecular formula is C16H18N2O6. The van der Waals surface area contributed by atoms with Gasteiger partial charge in [-0.05, 0) is 12.5 Å². The van der Waals surface area contributed by atoms with Crippen molar-refractivity contribution in [1.29, 1.82) is 0 Å². The van der Waals surface area contributed by atoms with Crippen molar-refractivity contribution in [3.8, 4) is 11.5 Å². The van der Waals surface area contributed by atoms with Crippen molar-refractivity contribution in [2.24, 2.45) is 0 Å². The Morgan fingerprint density at radius 1 is 1.33 bits per heavy atom. The van der Waals surface area contributed by atoms with Crippen LogP contribution >= 0.6 is 0 Å². The van der Waals surface area contributed by atoms with Gasteiger partial charge in [-0.25, -0.2) is 0 Å². The zero-order valence-electron chi connectivity index (χ0n) is 13.2. The summed E-state index contributed by atoms with van der Waals surface area (Å²) in [5.41, 5.74) is -0.641. The Kier molecular flexibility index (Phi) is 5.51. The first-order valence-electron chi connectivity index (χ1n) is 7.65. The first-order valence-corrected chi connectivity index (χ1v) is 7.65. The number of hydrogen-bond donors (Lipinski definition) is 1. The van der Waals surface area contributed by atoms with Crippen molar-refractivity contribution in [2.75, 3.05) is 0 Å². The molecule has 1 aromatic carbocycles. The maximum absolute atomic E-state index is 12.5. The number of unbranched alkanes of at least 4 members (excludes halogenated alkanes) is 3. The number of rotatable bonds is 8. The van der Waals surface area contributed by atoms with E-state index in [0.717, 1.165) is 19.3 Å². The molecule has 1 N–H and O–H groups in total. The number of fused-ring (bicyclic) bond motifs is 1. The van der Waals surface area contributed by atoms with Gasteiger partial charge in [-0.3, -0.25) is 19.7 Å². The Balaban J connectivity index is 2.63. The van der Waals surface area contributed by atoms with Gasteiger partial charge in [-0.15, -0.1) is 0 Å². The largest absolute Gasteiger partial charge is 0.504 e. The van der Waals surface area contributed by atoms with Crippen LogP contribution in [0.3, 0.4) is 0 Å². The van der Waals surface area contributed by atoms with Crippen molar-refractivity contribution in [3.05, 3.63) is 38.7 Å². The van der Waals surface area contributed by atoms with Crippen LogP contribution in [0.2, 0.25) is 0 Å². The number of nitrogens with zero attached hydrogens (tertiary/aromatic N) is 2. The zero-order valence-corrected chi connectivity index (χ0v) is 13.2. The van der Waals surface area contributed by atoms with Crippen LogP contribution in [-0.2, 0) is 11.3 Å². The lowest BCUT2D eigenvalue weighted by molar-refractivity contribution is -0.384. The van der Waals surface area contributed by atoms with E-state index in [0.29, 0.717) is 13.0 Å². The van der Waals surface area contributed by atoms with Gasteiger partial charge in [0.1, 0.15) is 0 Å². The Hall–Kier alpha value is -2.90. The fraction of sp³-hybridized carbons (Fsp3) is 0.375. The second-order valence-corrected chi connectivity index (χ2v) is 5.37. The molecule has 24 heavy (non-hydrogen) atoms. The molecule has 2 aromatic rings. The number of pyridine rings is 1. The summed E-state index contributed by atoms with van der Waals surface area (Å²) < 4.78 is 5.93. The van der Waals surface area contributed by atoms with E-state index in [9.17, 15) is 24.8 Å². The number of benzene rings is 1. The van der Waals surface area contributed by atoms with Gasteiger partial charge in [0.2, 0.25) is 5.75 Å². The lowest BCUT2D eigenvalue weighted by atomic mass is 10.1. The van der Waals surface area contributed by atoms with Crippen LogP contribution in [0.5, 0.6) is 11.5 Å². The number of aromatic nitrogens is 1. The highest BCUT2D eigenvalue weighted by Gasteiger charge is 2.20. The summed E-state index contributed by atoms with van der Waals surface area (Å²) >= 11 is 0. The number of hydrogen-bond acceptors (Lipinski definition) is 6. The van der Waals surface area contributed by atoms with Gasteiger partial charge in [-0.1, -0.05) is 26.2 Å². The molecule has 0 saturated carbocycles. The Morgan fingerprint density at radius 2 is 2.08 bits per heavy atom. The Bertz CT molecular complexity index is 827. The Morgan fingerprint density at radius 3 is 2.71 bits per heavy atom. The molecule has 128 valence electrons. The van der Waals surface area contributed by atoms with Crippen LogP contribution in [-0.4, -0.2) is 21.1 Å². The number of nitro benzene ring substituents is 1. The number of carbonyl (C=O) groups is 1. The van der Waals surface area contributed by atoms with E-state index in [2.05, 4.69) is 11.7 Å². The average molecular weight is 334 g/mol. The molecule has 0 fully saturated rings. The summed E-state index contributed by atoms with van der Waals surface area (Å²) in [4.78, 5) is 33.5. The highest BCUT2D eigenvalue weighted by atomic mass is 16.6. The zero-order chi connectivity index (χ0) is 17.7. The van der Waals surface area contributed by atoms with Gasteiger partial charge in [0.05, 0.1) is 10.4 Å². The molecule has 0 aliphatic rings. The van der Waals surface area contributed by atoms with Gasteiger partial charge in [0.25, 0.3) is 17.7 Å². The highest BCUT2D eigenvalue weighted by molar-refractivity contribution is 5.89. The monoisotopic (exact) mass is 334 g/mol. The van der Waals surface area contributed by atoms with Crippen molar-refractivity contribution in [3.63, 3.8) is 0 Å². The molecule has 1 aromatic heterocycles. The quantitative estimate of drug-likeness (QED) is 0.344. The fourth-order valence-corrected chi connectivity index (χ4v) is 2.59. The number of aryl methyl sites for hydroxylation is 1. The topological polar surface area (TPSA) is 112 Å². The van der Waals surface area contributed by atoms with E-state index >= 15 is 0 Å². The summed E-state index contributed by atoms with van der Waals surface area (Å²) in [6, 6.07) is 3.79. The predicted molar refractivity (Wildman–Crippen MR) is 87.4 cm³/mol. The molecule has 0 unspecified atom stereocenters. The number of nitro groups is 1. The molecule has 0 aliphatic heterocycles. The first-order chi connectivity index (χ1) is 11.5. The molecule has 8 heteroatoms. The van der Waals surface area contributed by atoms with Gasteiger partial charge in [0.15, 0.2) is 5.75 Å². The normalized spacial score (nSPS) is 10.7. The van der Waals surface area contributed by atoms with E-state index < -0.39 is 22.0 Å². The third-order valence-electron chi connectivity index (χ3n) is 3.79. The van der Waals surface area contributed by atoms with Crippen LogP contribution < -0.4 is 10.3 Å². The second kappa shape index (κ2) is 7.58. The van der Waals surface area contributed by atoms with Crippen molar-refractivity contribution >= 4 is 23.1 Å². The summed E-state index contributed by atoms with van der Waals surface area (Å²) in [6.07, 6.45) is 3.61. The standard InChI is InChI=1S/C16H18N2O6/c1-2-3-4-5-8-17-13-9-11(18(22)23)6-7-12(13)14(20)15(16(17)21)24-10-19/h6-7,9-10,20H,2-5,8H2,1H3. The lowest BCUT2D eigenvalue weighted by Gasteiger charge is -2.13. The van der Waals surface area contributed by atoms with Gasteiger partial charge >= 0.3 is 0 Å². The predicted octanol–water partition coefficient (Wildman–Crippen LogP) is 2.73. The van der Waals surface area contributed by atoms with Gasteiger partial charge in [0, 0.05) is 24.1 Å². The maximum Gasteiger partial charge on any atom is 0.298 e. The third-order valence-corrected chi connectivity index (χ3v) is 3.79. The number of carbonyl (C=O) groups excluding carboxylic acids is 1. The fourth-order valence-electron chi connectivity index (χ4n) is 2.59. The van der Waals surface area contributed by atoms with Crippen LogP contribution in [0.15, 0.2) is 23.0 Å².